The summed E-state index contributed by atoms with van der Waals surface area (Å²) in [6.07, 6.45) is 3.56. The zero-order chi connectivity index (χ0) is 12.2. The number of nitrogens with one attached hydrogen (secondary N) is 1. The fourth-order valence-corrected chi connectivity index (χ4v) is 2.37. The fraction of sp³-hybridized carbons (Fsp3) is 0.923. The van der Waals surface area contributed by atoms with Crippen molar-refractivity contribution in [1.82, 2.24) is 10.2 Å². The van der Waals surface area contributed by atoms with Gasteiger partial charge in [0.15, 0.2) is 0 Å². The molecule has 1 saturated heterocycles. The topological polar surface area (TPSA) is 39.1 Å². The van der Waals surface area contributed by atoms with Crippen LogP contribution in [0.2, 0.25) is 0 Å². The summed E-state index contributed by atoms with van der Waals surface area (Å²) in [6.45, 7) is 11.6. The number of hydrogen-bond donors (Lipinski definition) is 1. The third kappa shape index (κ3) is 3.20. The molecule has 0 bridgehead atoms. The van der Waals surface area contributed by atoms with Gasteiger partial charge in [0.1, 0.15) is 5.54 Å². The number of rotatable bonds is 5. The van der Waals surface area contributed by atoms with Crippen molar-refractivity contribution < 1.29 is 0 Å². The van der Waals surface area contributed by atoms with Crippen molar-refractivity contribution in [3.63, 3.8) is 0 Å². The van der Waals surface area contributed by atoms with Gasteiger partial charge in [-0.3, -0.25) is 10.2 Å². The number of nitrogens with zero attached hydrogens (tertiary/aromatic N) is 2. The molecule has 3 nitrogen and oxygen atoms in total. The lowest BCUT2D eigenvalue weighted by molar-refractivity contribution is 0.143. The van der Waals surface area contributed by atoms with E-state index in [1.165, 1.54) is 12.8 Å². The Morgan fingerprint density at radius 3 is 2.62 bits per heavy atom. The highest BCUT2D eigenvalue weighted by Gasteiger charge is 2.36. The van der Waals surface area contributed by atoms with Crippen LogP contribution in [0.1, 0.15) is 47.0 Å². The first-order valence-corrected chi connectivity index (χ1v) is 6.35. The summed E-state index contributed by atoms with van der Waals surface area (Å²) in [7, 11) is 0. The molecule has 1 heterocycles. The van der Waals surface area contributed by atoms with Crippen LogP contribution < -0.4 is 5.32 Å². The normalized spacial score (nSPS) is 23.9. The summed E-state index contributed by atoms with van der Waals surface area (Å²) in [6, 6.07) is 2.43. The Bertz CT molecular complexity index is 267. The second-order valence-corrected chi connectivity index (χ2v) is 5.71. The van der Waals surface area contributed by atoms with Gasteiger partial charge in [0.25, 0.3) is 0 Å². The molecule has 1 unspecified atom stereocenters. The largest absolute Gasteiger partial charge is 0.299 e. The molecule has 1 atom stereocenters. The summed E-state index contributed by atoms with van der Waals surface area (Å²) in [5, 5.41) is 12.7. The number of likely N-dealkylation sites (tertiary alicyclic amines) is 1. The van der Waals surface area contributed by atoms with E-state index in [2.05, 4.69) is 37.1 Å². The zero-order valence-corrected chi connectivity index (χ0v) is 11.1. The summed E-state index contributed by atoms with van der Waals surface area (Å²) in [4.78, 5) is 2.44. The third-order valence-electron chi connectivity index (χ3n) is 3.59. The van der Waals surface area contributed by atoms with Gasteiger partial charge in [0.2, 0.25) is 0 Å². The van der Waals surface area contributed by atoms with E-state index < -0.39 is 5.54 Å². The average Bonchev–Trinajstić information content (AvgIpc) is 2.55. The van der Waals surface area contributed by atoms with Crippen molar-refractivity contribution in [2.75, 3.05) is 19.6 Å². The van der Waals surface area contributed by atoms with E-state index in [-0.39, 0.29) is 5.54 Å². The molecule has 0 aromatic rings. The molecule has 92 valence electrons. The van der Waals surface area contributed by atoms with E-state index in [9.17, 15) is 5.26 Å². The van der Waals surface area contributed by atoms with Gasteiger partial charge in [-0.1, -0.05) is 6.92 Å². The van der Waals surface area contributed by atoms with Crippen molar-refractivity contribution in [3.05, 3.63) is 0 Å². The van der Waals surface area contributed by atoms with Crippen LogP contribution in [-0.4, -0.2) is 35.6 Å². The Kier molecular flexibility index (Phi) is 4.35. The molecule has 0 radical (unpaired) electrons. The van der Waals surface area contributed by atoms with Gasteiger partial charge in [-0.15, -0.1) is 0 Å². The molecule has 0 amide bonds. The molecule has 16 heavy (non-hydrogen) atoms. The lowest BCUT2D eigenvalue weighted by Crippen LogP contribution is -2.54. The Hall–Kier alpha value is -0.590. The van der Waals surface area contributed by atoms with Crippen LogP contribution in [0.3, 0.4) is 0 Å². The highest BCUT2D eigenvalue weighted by Crippen LogP contribution is 2.29. The Morgan fingerprint density at radius 2 is 2.19 bits per heavy atom. The van der Waals surface area contributed by atoms with E-state index >= 15 is 0 Å². The van der Waals surface area contributed by atoms with E-state index in [1.807, 2.05) is 6.92 Å². The summed E-state index contributed by atoms with van der Waals surface area (Å²) in [5.74, 6) is 0. The maximum Gasteiger partial charge on any atom is 0.116 e. The maximum absolute atomic E-state index is 9.30. The third-order valence-corrected chi connectivity index (χ3v) is 3.59. The molecule has 1 N–H and O–H groups in total. The summed E-state index contributed by atoms with van der Waals surface area (Å²) < 4.78 is 0. The molecule has 1 fully saturated rings. The molecule has 0 saturated carbocycles. The van der Waals surface area contributed by atoms with E-state index in [4.69, 9.17) is 0 Å². The quantitative estimate of drug-likeness (QED) is 0.776. The van der Waals surface area contributed by atoms with Gasteiger partial charge in [0, 0.05) is 12.1 Å². The van der Waals surface area contributed by atoms with Crippen molar-refractivity contribution >= 4 is 0 Å². The van der Waals surface area contributed by atoms with Gasteiger partial charge in [-0.05, 0) is 53.1 Å². The Balaban J connectivity index is 2.59. The molecular weight excluding hydrogens is 198 g/mol. The SMILES string of the molecule is CCCNC(C)(C#N)CN1CCCC1(C)C. The van der Waals surface area contributed by atoms with Crippen molar-refractivity contribution in [1.29, 1.82) is 5.26 Å². The maximum atomic E-state index is 9.30. The monoisotopic (exact) mass is 223 g/mol. The van der Waals surface area contributed by atoms with Gasteiger partial charge < -0.3 is 0 Å². The second kappa shape index (κ2) is 5.16. The zero-order valence-electron chi connectivity index (χ0n) is 11.1. The first kappa shape index (κ1) is 13.5. The van der Waals surface area contributed by atoms with Gasteiger partial charge in [0.05, 0.1) is 6.07 Å². The van der Waals surface area contributed by atoms with Crippen LogP contribution in [0.5, 0.6) is 0 Å². The van der Waals surface area contributed by atoms with E-state index in [0.717, 1.165) is 26.1 Å². The lowest BCUT2D eigenvalue weighted by Gasteiger charge is -2.37. The smallest absolute Gasteiger partial charge is 0.116 e. The second-order valence-electron chi connectivity index (χ2n) is 5.71. The average molecular weight is 223 g/mol. The number of nitriles is 1. The molecule has 1 aliphatic rings. The predicted molar refractivity (Wildman–Crippen MR) is 67.2 cm³/mol. The summed E-state index contributed by atoms with van der Waals surface area (Å²) >= 11 is 0. The molecule has 0 aromatic heterocycles. The highest BCUT2D eigenvalue weighted by atomic mass is 15.2. The molecule has 1 aliphatic heterocycles. The van der Waals surface area contributed by atoms with Crippen LogP contribution in [0, 0.1) is 11.3 Å². The Morgan fingerprint density at radius 1 is 1.50 bits per heavy atom. The van der Waals surface area contributed by atoms with Gasteiger partial charge in [-0.2, -0.15) is 5.26 Å². The molecule has 0 aromatic carbocycles. The van der Waals surface area contributed by atoms with Gasteiger partial charge in [-0.25, -0.2) is 0 Å². The van der Waals surface area contributed by atoms with Crippen molar-refractivity contribution in [2.24, 2.45) is 0 Å². The van der Waals surface area contributed by atoms with Crippen LogP contribution in [0.4, 0.5) is 0 Å². The minimum Gasteiger partial charge on any atom is -0.299 e. The lowest BCUT2D eigenvalue weighted by atomic mass is 9.98. The highest BCUT2D eigenvalue weighted by molar-refractivity contribution is 5.07. The molecule has 0 aliphatic carbocycles. The molecular formula is C13H25N3. The molecule has 3 heteroatoms. The minimum absolute atomic E-state index is 0.256. The first-order valence-electron chi connectivity index (χ1n) is 6.35. The van der Waals surface area contributed by atoms with Crippen LogP contribution in [0.15, 0.2) is 0 Å². The standard InChI is InChI=1S/C13H25N3/c1-5-8-15-13(4,10-14)11-16-9-6-7-12(16,2)3/h15H,5-9,11H2,1-4H3. The Labute approximate surface area is 99.8 Å². The van der Waals surface area contributed by atoms with E-state index in [0.29, 0.717) is 0 Å². The van der Waals surface area contributed by atoms with Crippen LogP contribution in [0.25, 0.3) is 0 Å². The fourth-order valence-electron chi connectivity index (χ4n) is 2.37. The minimum atomic E-state index is -0.405. The predicted octanol–water partition coefficient (Wildman–Crippen LogP) is 2.14. The van der Waals surface area contributed by atoms with Gasteiger partial charge >= 0.3 is 0 Å². The van der Waals surface area contributed by atoms with E-state index in [1.54, 1.807) is 0 Å². The molecule has 1 rings (SSSR count). The van der Waals surface area contributed by atoms with Crippen LogP contribution >= 0.6 is 0 Å². The van der Waals surface area contributed by atoms with Crippen molar-refractivity contribution in [2.45, 2.75) is 58.0 Å². The summed E-state index contributed by atoms with van der Waals surface area (Å²) in [5.41, 5.74) is -0.149. The number of hydrogen-bond acceptors (Lipinski definition) is 3. The van der Waals surface area contributed by atoms with Crippen molar-refractivity contribution in [3.8, 4) is 6.07 Å². The van der Waals surface area contributed by atoms with Crippen LogP contribution in [-0.2, 0) is 0 Å². The molecule has 0 spiro atoms. The first-order chi connectivity index (χ1) is 7.43.